The van der Waals surface area contributed by atoms with Gasteiger partial charge in [0.15, 0.2) is 5.78 Å². The summed E-state index contributed by atoms with van der Waals surface area (Å²) >= 11 is 0. The third kappa shape index (κ3) is 5.05. The average Bonchev–Trinajstić information content (AvgIpc) is 2.71. The minimum atomic E-state index is -0.367. The molecule has 0 saturated heterocycles. The summed E-state index contributed by atoms with van der Waals surface area (Å²) in [6.07, 6.45) is 3.19. The Balaban J connectivity index is 1.73. The van der Waals surface area contributed by atoms with Crippen LogP contribution in [0.5, 0.6) is 11.5 Å². The molecule has 3 rings (SSSR count). The van der Waals surface area contributed by atoms with Gasteiger partial charge in [-0.2, -0.15) is 0 Å². The normalized spacial score (nSPS) is 10.7. The fourth-order valence-corrected chi connectivity index (χ4v) is 2.58. The molecule has 0 spiro atoms. The highest BCUT2D eigenvalue weighted by atomic mass is 19.1. The zero-order chi connectivity index (χ0) is 19.1. The monoisotopic (exact) mass is 362 g/mol. The molecular formula is C23H19FO3. The van der Waals surface area contributed by atoms with E-state index in [0.29, 0.717) is 17.9 Å². The van der Waals surface area contributed by atoms with Crippen molar-refractivity contribution in [3.05, 3.63) is 101 Å². The second kappa shape index (κ2) is 8.81. The molecule has 0 aliphatic carbocycles. The highest BCUT2D eigenvalue weighted by Gasteiger charge is 2.06. The number of ether oxygens (including phenoxy) is 2. The molecule has 0 N–H and O–H groups in total. The number of ketones is 1. The van der Waals surface area contributed by atoms with Gasteiger partial charge in [0.25, 0.3) is 0 Å². The summed E-state index contributed by atoms with van der Waals surface area (Å²) in [6.45, 7) is 0.348. The summed E-state index contributed by atoms with van der Waals surface area (Å²) in [7, 11) is 1.61. The van der Waals surface area contributed by atoms with Gasteiger partial charge in [-0.25, -0.2) is 4.39 Å². The fraction of sp³-hybridized carbons (Fsp3) is 0.0870. The highest BCUT2D eigenvalue weighted by molar-refractivity contribution is 6.06. The topological polar surface area (TPSA) is 35.5 Å². The van der Waals surface area contributed by atoms with E-state index in [2.05, 4.69) is 0 Å². The minimum absolute atomic E-state index is 0.187. The van der Waals surface area contributed by atoms with Crippen LogP contribution in [0.4, 0.5) is 4.39 Å². The molecule has 4 heteroatoms. The first kappa shape index (κ1) is 18.4. The van der Waals surface area contributed by atoms with Crippen LogP contribution in [0.3, 0.4) is 0 Å². The van der Waals surface area contributed by atoms with Gasteiger partial charge in [-0.3, -0.25) is 4.79 Å². The Bertz CT molecular complexity index is 932. The van der Waals surface area contributed by atoms with E-state index in [1.165, 1.54) is 30.3 Å². The second-order valence-electron chi connectivity index (χ2n) is 5.88. The van der Waals surface area contributed by atoms with Crippen LogP contribution in [0.1, 0.15) is 21.5 Å². The Labute approximate surface area is 157 Å². The van der Waals surface area contributed by atoms with Gasteiger partial charge in [0, 0.05) is 11.1 Å². The van der Waals surface area contributed by atoms with Gasteiger partial charge in [-0.05, 0) is 60.2 Å². The van der Waals surface area contributed by atoms with Crippen molar-refractivity contribution in [2.24, 2.45) is 0 Å². The molecule has 3 aromatic carbocycles. The van der Waals surface area contributed by atoms with E-state index >= 15 is 0 Å². The number of rotatable bonds is 7. The lowest BCUT2D eigenvalue weighted by Gasteiger charge is -2.11. The van der Waals surface area contributed by atoms with Crippen LogP contribution in [0.2, 0.25) is 0 Å². The first-order chi connectivity index (χ1) is 13.2. The first-order valence-corrected chi connectivity index (χ1v) is 8.48. The summed E-state index contributed by atoms with van der Waals surface area (Å²) in [6, 6.07) is 20.6. The Morgan fingerprint density at radius 1 is 1.00 bits per heavy atom. The van der Waals surface area contributed by atoms with Crippen LogP contribution in [0.25, 0.3) is 6.08 Å². The molecule has 0 radical (unpaired) electrons. The van der Waals surface area contributed by atoms with E-state index in [1.807, 2.05) is 48.5 Å². The predicted molar refractivity (Wildman–Crippen MR) is 104 cm³/mol. The molecule has 0 heterocycles. The molecule has 136 valence electrons. The van der Waals surface area contributed by atoms with Gasteiger partial charge in [0.2, 0.25) is 0 Å². The van der Waals surface area contributed by atoms with Crippen LogP contribution in [0, 0.1) is 5.82 Å². The quantitative estimate of drug-likeness (QED) is 0.422. The largest absolute Gasteiger partial charge is 0.496 e. The van der Waals surface area contributed by atoms with Crippen LogP contribution in [0.15, 0.2) is 78.9 Å². The average molecular weight is 362 g/mol. The molecule has 27 heavy (non-hydrogen) atoms. The van der Waals surface area contributed by atoms with E-state index < -0.39 is 0 Å². The smallest absolute Gasteiger partial charge is 0.185 e. The maximum absolute atomic E-state index is 13.0. The van der Waals surface area contributed by atoms with Gasteiger partial charge in [-0.15, -0.1) is 0 Å². The summed E-state index contributed by atoms with van der Waals surface area (Å²) < 4.78 is 24.1. The van der Waals surface area contributed by atoms with Gasteiger partial charge < -0.3 is 9.47 Å². The molecular weight excluding hydrogens is 343 g/mol. The fourth-order valence-electron chi connectivity index (χ4n) is 2.58. The number of carbonyl (C=O) groups excluding carboxylic acids is 1. The molecule has 0 atom stereocenters. The van der Waals surface area contributed by atoms with Crippen molar-refractivity contribution in [1.29, 1.82) is 0 Å². The van der Waals surface area contributed by atoms with Gasteiger partial charge in [0.1, 0.15) is 23.9 Å². The van der Waals surface area contributed by atoms with E-state index in [9.17, 15) is 9.18 Å². The maximum Gasteiger partial charge on any atom is 0.185 e. The van der Waals surface area contributed by atoms with Crippen molar-refractivity contribution < 1.29 is 18.7 Å². The lowest BCUT2D eigenvalue weighted by Crippen LogP contribution is -1.99. The Hall–Kier alpha value is -3.40. The molecule has 0 aliphatic rings. The van der Waals surface area contributed by atoms with E-state index in [1.54, 1.807) is 13.2 Å². The van der Waals surface area contributed by atoms with Gasteiger partial charge >= 0.3 is 0 Å². The Morgan fingerprint density at radius 2 is 1.74 bits per heavy atom. The molecule has 0 unspecified atom stereocenters. The van der Waals surface area contributed by atoms with Crippen LogP contribution in [-0.2, 0) is 6.61 Å². The molecule has 0 saturated carbocycles. The predicted octanol–water partition coefficient (Wildman–Crippen LogP) is 5.31. The van der Waals surface area contributed by atoms with Crippen LogP contribution in [-0.4, -0.2) is 12.9 Å². The molecule has 0 bridgehead atoms. The molecule has 0 aliphatic heterocycles. The highest BCUT2D eigenvalue weighted by Crippen LogP contribution is 2.23. The van der Waals surface area contributed by atoms with Crippen LogP contribution < -0.4 is 9.47 Å². The number of methoxy groups -OCH3 is 1. The summed E-state index contributed by atoms with van der Waals surface area (Å²) in [4.78, 5) is 12.2. The standard InChI is InChI=1S/C23H19FO3/c1-26-23-14-8-17(7-13-22(25)18-9-11-20(24)12-10-18)15-19(23)16-27-21-5-3-2-4-6-21/h2-15H,16H2,1H3/b13-7+. The summed E-state index contributed by atoms with van der Waals surface area (Å²) in [5, 5.41) is 0. The van der Waals surface area contributed by atoms with Crippen molar-refractivity contribution in [1.82, 2.24) is 0 Å². The van der Waals surface area contributed by atoms with Crippen molar-refractivity contribution in [3.63, 3.8) is 0 Å². The molecule has 0 aromatic heterocycles. The van der Waals surface area contributed by atoms with E-state index in [4.69, 9.17) is 9.47 Å². The Kier molecular flexibility index (Phi) is 6.00. The number of para-hydroxylation sites is 1. The lowest BCUT2D eigenvalue weighted by molar-refractivity contribution is 0.104. The molecule has 0 fully saturated rings. The van der Waals surface area contributed by atoms with Crippen LogP contribution >= 0.6 is 0 Å². The first-order valence-electron chi connectivity index (χ1n) is 8.48. The molecule has 3 nitrogen and oxygen atoms in total. The van der Waals surface area contributed by atoms with E-state index in [-0.39, 0.29) is 11.6 Å². The molecule has 0 amide bonds. The third-order valence-corrected chi connectivity index (χ3v) is 4.00. The molecule has 3 aromatic rings. The van der Waals surface area contributed by atoms with Crippen molar-refractivity contribution in [2.45, 2.75) is 6.61 Å². The number of benzene rings is 3. The minimum Gasteiger partial charge on any atom is -0.496 e. The van der Waals surface area contributed by atoms with Gasteiger partial charge in [-0.1, -0.05) is 30.3 Å². The van der Waals surface area contributed by atoms with Crippen molar-refractivity contribution >= 4 is 11.9 Å². The SMILES string of the molecule is COc1ccc(/C=C/C(=O)c2ccc(F)cc2)cc1COc1ccccc1. The zero-order valence-corrected chi connectivity index (χ0v) is 14.9. The number of halogens is 1. The van der Waals surface area contributed by atoms with Crippen molar-refractivity contribution in [3.8, 4) is 11.5 Å². The Morgan fingerprint density at radius 3 is 2.44 bits per heavy atom. The number of carbonyl (C=O) groups is 1. The number of hydrogen-bond donors (Lipinski definition) is 0. The van der Waals surface area contributed by atoms with E-state index in [0.717, 1.165) is 16.9 Å². The third-order valence-electron chi connectivity index (χ3n) is 4.00. The second-order valence-corrected chi connectivity index (χ2v) is 5.88. The maximum atomic E-state index is 13.0. The zero-order valence-electron chi connectivity index (χ0n) is 14.9. The van der Waals surface area contributed by atoms with Crippen molar-refractivity contribution in [2.75, 3.05) is 7.11 Å². The summed E-state index contributed by atoms with van der Waals surface area (Å²) in [5.74, 6) is 0.932. The summed E-state index contributed by atoms with van der Waals surface area (Å²) in [5.41, 5.74) is 2.16. The number of hydrogen-bond acceptors (Lipinski definition) is 3. The van der Waals surface area contributed by atoms with Gasteiger partial charge in [0.05, 0.1) is 7.11 Å². The lowest BCUT2D eigenvalue weighted by atomic mass is 10.1. The number of allylic oxidation sites excluding steroid dienone is 1.